The lowest BCUT2D eigenvalue weighted by Crippen LogP contribution is -2.38. The molecule has 1 aromatic rings. The first-order valence-corrected chi connectivity index (χ1v) is 10.7. The number of hydrogen-bond donors (Lipinski definition) is 2. The van der Waals surface area contributed by atoms with Crippen LogP contribution in [0.2, 0.25) is 0 Å². The molecule has 0 aliphatic carbocycles. The third kappa shape index (κ3) is 8.92. The van der Waals surface area contributed by atoms with Gasteiger partial charge in [-0.25, -0.2) is 0 Å². The van der Waals surface area contributed by atoms with Crippen LogP contribution in [-0.4, -0.2) is 52.5 Å². The Morgan fingerprint density at radius 1 is 1.23 bits per heavy atom. The van der Waals surface area contributed by atoms with E-state index in [0.29, 0.717) is 37.0 Å². The molecule has 0 spiro atoms. The average Bonchev–Trinajstić information content (AvgIpc) is 2.75. The van der Waals surface area contributed by atoms with Crippen molar-refractivity contribution in [3.63, 3.8) is 0 Å². The molecule has 1 heterocycles. The molecule has 2 rings (SSSR count). The second-order valence-electron chi connectivity index (χ2n) is 7.72. The van der Waals surface area contributed by atoms with Crippen LogP contribution in [0.15, 0.2) is 29.3 Å². The zero-order valence-electron chi connectivity index (χ0n) is 17.9. The van der Waals surface area contributed by atoms with Crippen molar-refractivity contribution >= 4 is 5.96 Å². The van der Waals surface area contributed by atoms with E-state index in [1.807, 2.05) is 6.92 Å². The van der Waals surface area contributed by atoms with Crippen LogP contribution in [0.25, 0.3) is 0 Å². The number of halogens is 3. The lowest BCUT2D eigenvalue weighted by molar-refractivity contribution is -0.137. The molecule has 1 aromatic carbocycles. The van der Waals surface area contributed by atoms with Gasteiger partial charge in [0, 0.05) is 46.6 Å². The second kappa shape index (κ2) is 12.8. The highest BCUT2D eigenvalue weighted by molar-refractivity contribution is 5.79. The number of hydrogen-bond acceptors (Lipinski definition) is 3. The molecular weight excluding hydrogens is 395 g/mol. The standard InChI is InChI=1S/C22H34F3N3O2/c1-17(19-5-3-6-20(15-19)22(23,24)25)7-11-28-21(26-2)27-10-4-12-30-16-18-8-13-29-14-9-18/h3,5-6,15,17-18H,4,7-14,16H2,1-2H3,(H2,26,27,28). The zero-order valence-corrected chi connectivity index (χ0v) is 17.9. The van der Waals surface area contributed by atoms with E-state index in [4.69, 9.17) is 9.47 Å². The molecule has 0 radical (unpaired) electrons. The van der Waals surface area contributed by atoms with Crippen LogP contribution in [0.5, 0.6) is 0 Å². The van der Waals surface area contributed by atoms with E-state index in [1.54, 1.807) is 13.1 Å². The number of aliphatic imine (C=N–C) groups is 1. The van der Waals surface area contributed by atoms with Crippen molar-refractivity contribution in [3.8, 4) is 0 Å². The van der Waals surface area contributed by atoms with Crippen molar-refractivity contribution in [1.82, 2.24) is 10.6 Å². The highest BCUT2D eigenvalue weighted by atomic mass is 19.4. The minimum Gasteiger partial charge on any atom is -0.381 e. The normalized spacial score (nSPS) is 17.0. The summed E-state index contributed by atoms with van der Waals surface area (Å²) < 4.78 is 49.7. The highest BCUT2D eigenvalue weighted by Crippen LogP contribution is 2.31. The van der Waals surface area contributed by atoms with Crippen LogP contribution in [0.1, 0.15) is 49.7 Å². The van der Waals surface area contributed by atoms with Crippen LogP contribution >= 0.6 is 0 Å². The van der Waals surface area contributed by atoms with Crippen LogP contribution in [-0.2, 0) is 15.7 Å². The van der Waals surface area contributed by atoms with Gasteiger partial charge in [-0.3, -0.25) is 4.99 Å². The molecule has 30 heavy (non-hydrogen) atoms. The SMILES string of the molecule is CN=C(NCCCOCC1CCOCC1)NCCC(C)c1cccc(C(F)(F)F)c1. The van der Waals surface area contributed by atoms with Crippen molar-refractivity contribution in [1.29, 1.82) is 0 Å². The third-order valence-corrected chi connectivity index (χ3v) is 5.33. The molecular formula is C22H34F3N3O2. The lowest BCUT2D eigenvalue weighted by Gasteiger charge is -2.21. The Bertz CT molecular complexity index is 647. The monoisotopic (exact) mass is 429 g/mol. The maximum Gasteiger partial charge on any atom is 0.416 e. The molecule has 0 amide bonds. The molecule has 0 saturated carbocycles. The highest BCUT2D eigenvalue weighted by Gasteiger charge is 2.30. The topological polar surface area (TPSA) is 54.9 Å². The summed E-state index contributed by atoms with van der Waals surface area (Å²) in [7, 11) is 1.70. The van der Waals surface area contributed by atoms with Gasteiger partial charge < -0.3 is 20.1 Å². The molecule has 1 aliphatic rings. The Morgan fingerprint density at radius 3 is 2.67 bits per heavy atom. The van der Waals surface area contributed by atoms with Gasteiger partial charge in [0.05, 0.1) is 5.56 Å². The van der Waals surface area contributed by atoms with Crippen molar-refractivity contribution < 1.29 is 22.6 Å². The molecule has 1 fully saturated rings. The molecule has 1 atom stereocenters. The lowest BCUT2D eigenvalue weighted by atomic mass is 9.96. The number of nitrogens with one attached hydrogen (secondary N) is 2. The summed E-state index contributed by atoms with van der Waals surface area (Å²) in [5.74, 6) is 1.31. The van der Waals surface area contributed by atoms with Crippen molar-refractivity contribution in [2.45, 2.75) is 44.7 Å². The van der Waals surface area contributed by atoms with Crippen molar-refractivity contribution in [2.24, 2.45) is 10.9 Å². The smallest absolute Gasteiger partial charge is 0.381 e. The third-order valence-electron chi connectivity index (χ3n) is 5.33. The molecule has 170 valence electrons. The maximum absolute atomic E-state index is 12.9. The fraction of sp³-hybridized carbons (Fsp3) is 0.682. The fourth-order valence-corrected chi connectivity index (χ4v) is 3.36. The van der Waals surface area contributed by atoms with E-state index in [-0.39, 0.29) is 5.92 Å². The summed E-state index contributed by atoms with van der Waals surface area (Å²) in [6, 6.07) is 5.55. The van der Waals surface area contributed by atoms with Crippen molar-refractivity contribution in [3.05, 3.63) is 35.4 Å². The first-order valence-electron chi connectivity index (χ1n) is 10.7. The van der Waals surface area contributed by atoms with Gasteiger partial charge in [-0.05, 0) is 49.1 Å². The van der Waals surface area contributed by atoms with Crippen LogP contribution in [0.3, 0.4) is 0 Å². The number of rotatable bonds is 10. The minimum absolute atomic E-state index is 0.0106. The quantitative estimate of drug-likeness (QED) is 0.333. The molecule has 5 nitrogen and oxygen atoms in total. The maximum atomic E-state index is 12.9. The Balaban J connectivity index is 1.60. The molecule has 1 unspecified atom stereocenters. The number of nitrogens with zero attached hydrogens (tertiary/aromatic N) is 1. The van der Waals surface area contributed by atoms with Gasteiger partial charge >= 0.3 is 6.18 Å². The summed E-state index contributed by atoms with van der Waals surface area (Å²) in [5, 5.41) is 6.46. The first-order chi connectivity index (χ1) is 14.4. The van der Waals surface area contributed by atoms with E-state index < -0.39 is 11.7 Å². The molecule has 1 aliphatic heterocycles. The van der Waals surface area contributed by atoms with Gasteiger partial charge in [-0.2, -0.15) is 13.2 Å². The number of benzene rings is 1. The first kappa shape index (κ1) is 24.5. The largest absolute Gasteiger partial charge is 0.416 e. The van der Waals surface area contributed by atoms with Crippen LogP contribution in [0.4, 0.5) is 13.2 Å². The van der Waals surface area contributed by atoms with Gasteiger partial charge in [0.1, 0.15) is 0 Å². The van der Waals surface area contributed by atoms with Gasteiger partial charge in [-0.15, -0.1) is 0 Å². The number of guanidine groups is 1. The number of alkyl halides is 3. The van der Waals surface area contributed by atoms with Gasteiger partial charge in [-0.1, -0.05) is 25.1 Å². The van der Waals surface area contributed by atoms with E-state index in [9.17, 15) is 13.2 Å². The van der Waals surface area contributed by atoms with E-state index >= 15 is 0 Å². The van der Waals surface area contributed by atoms with Gasteiger partial charge in [0.2, 0.25) is 0 Å². The molecule has 2 N–H and O–H groups in total. The average molecular weight is 430 g/mol. The Morgan fingerprint density at radius 2 is 1.97 bits per heavy atom. The summed E-state index contributed by atoms with van der Waals surface area (Å²) in [5.41, 5.74) is 0.0903. The van der Waals surface area contributed by atoms with Gasteiger partial charge in [0.15, 0.2) is 5.96 Å². The zero-order chi connectivity index (χ0) is 21.8. The van der Waals surface area contributed by atoms with Gasteiger partial charge in [0.25, 0.3) is 0 Å². The fourth-order valence-electron chi connectivity index (χ4n) is 3.36. The van der Waals surface area contributed by atoms with E-state index in [2.05, 4.69) is 15.6 Å². The van der Waals surface area contributed by atoms with E-state index in [1.165, 1.54) is 12.1 Å². The Kier molecular flexibility index (Phi) is 10.4. The number of ether oxygens (including phenoxy) is 2. The molecule has 8 heteroatoms. The molecule has 0 bridgehead atoms. The summed E-state index contributed by atoms with van der Waals surface area (Å²) in [6.07, 6.45) is -0.573. The second-order valence-corrected chi connectivity index (χ2v) is 7.72. The molecule has 0 aromatic heterocycles. The molecule has 1 saturated heterocycles. The van der Waals surface area contributed by atoms with Crippen molar-refractivity contribution in [2.75, 3.05) is 46.6 Å². The Hall–Kier alpha value is -1.80. The summed E-state index contributed by atoms with van der Waals surface area (Å²) >= 11 is 0. The van der Waals surface area contributed by atoms with Crippen LogP contribution in [0, 0.1) is 5.92 Å². The van der Waals surface area contributed by atoms with E-state index in [0.717, 1.165) is 51.7 Å². The predicted molar refractivity (Wildman–Crippen MR) is 113 cm³/mol. The summed E-state index contributed by atoms with van der Waals surface area (Å²) in [4.78, 5) is 4.19. The Labute approximate surface area is 177 Å². The minimum atomic E-state index is -4.31. The predicted octanol–water partition coefficient (Wildman–Crippen LogP) is 4.20. The summed E-state index contributed by atoms with van der Waals surface area (Å²) in [6.45, 7) is 6.47. The van der Waals surface area contributed by atoms with Crippen LogP contribution < -0.4 is 10.6 Å².